The van der Waals surface area contributed by atoms with Gasteiger partial charge in [-0.2, -0.15) is 0 Å². The fraction of sp³-hybridized carbons (Fsp3) is 0.500. The molecule has 0 radical (unpaired) electrons. The smallest absolute Gasteiger partial charge is 0.261 e. The van der Waals surface area contributed by atoms with E-state index >= 15 is 0 Å². The van der Waals surface area contributed by atoms with Gasteiger partial charge in [0.1, 0.15) is 5.01 Å². The number of nitro groups is 1. The summed E-state index contributed by atoms with van der Waals surface area (Å²) >= 11 is 11.8. The molecule has 5 nitrogen and oxygen atoms in total. The lowest BCUT2D eigenvalue weighted by Gasteiger charge is -2.04. The van der Waals surface area contributed by atoms with E-state index in [4.69, 9.17) is 23.2 Å². The highest BCUT2D eigenvalue weighted by molar-refractivity contribution is 7.11. The van der Waals surface area contributed by atoms with Crippen molar-refractivity contribution in [2.45, 2.75) is 11.4 Å². The first kappa shape index (κ1) is 9.63. The Morgan fingerprint density at radius 2 is 2.17 bits per heavy atom. The van der Waals surface area contributed by atoms with Crippen LogP contribution in [0.1, 0.15) is 10.0 Å². The van der Waals surface area contributed by atoms with E-state index in [0.717, 1.165) is 11.3 Å². The quantitative estimate of drug-likeness (QED) is 0.334. The second kappa shape index (κ2) is 3.12. The fourth-order valence-electron chi connectivity index (χ4n) is 0.496. The summed E-state index contributed by atoms with van der Waals surface area (Å²) in [5.74, 6) is 0. The molecule has 0 N–H and O–H groups in total. The fourth-order valence-corrected chi connectivity index (χ4v) is 1.44. The number of hydrogen-bond donors (Lipinski definition) is 0. The summed E-state index contributed by atoms with van der Waals surface area (Å²) in [5.41, 5.74) is 0. The van der Waals surface area contributed by atoms with Crippen molar-refractivity contribution in [1.82, 2.24) is 10.2 Å². The molecule has 0 atom stereocenters. The summed E-state index contributed by atoms with van der Waals surface area (Å²) in [6.45, 7) is 1.66. The number of aromatic nitrogens is 2. The van der Waals surface area contributed by atoms with Gasteiger partial charge in [-0.15, -0.1) is 10.2 Å². The van der Waals surface area contributed by atoms with Crippen LogP contribution in [-0.4, -0.2) is 15.1 Å². The van der Waals surface area contributed by atoms with Crippen molar-refractivity contribution in [1.29, 1.82) is 0 Å². The second-order valence-electron chi connectivity index (χ2n) is 1.92. The lowest BCUT2D eigenvalue weighted by atomic mass is 10.7. The van der Waals surface area contributed by atoms with E-state index in [1.54, 1.807) is 6.92 Å². The summed E-state index contributed by atoms with van der Waals surface area (Å²) < 4.78 is -2.17. The molecule has 0 saturated carbocycles. The third-order valence-corrected chi connectivity index (χ3v) is 2.82. The van der Waals surface area contributed by atoms with Crippen molar-refractivity contribution in [3.8, 4) is 0 Å². The zero-order valence-electron chi connectivity index (χ0n) is 5.82. The third-order valence-electron chi connectivity index (χ3n) is 1.01. The second-order valence-corrected chi connectivity index (χ2v) is 4.39. The van der Waals surface area contributed by atoms with Gasteiger partial charge in [0.05, 0.1) is 4.92 Å². The molecule has 1 rings (SSSR count). The summed E-state index contributed by atoms with van der Waals surface area (Å²) in [6.07, 6.45) is 0. The maximum atomic E-state index is 10.3. The predicted octanol–water partition coefficient (Wildman–Crippen LogP) is 1.71. The molecule has 0 fully saturated rings. The SMILES string of the molecule is Cc1nnc(C(Cl)(Cl)[N+](=O)[O-])s1. The Labute approximate surface area is 81.5 Å². The van der Waals surface area contributed by atoms with Crippen LogP contribution in [0, 0.1) is 17.0 Å². The number of halogens is 2. The van der Waals surface area contributed by atoms with E-state index in [1.807, 2.05) is 0 Å². The van der Waals surface area contributed by atoms with Crippen molar-refractivity contribution in [3.05, 3.63) is 20.1 Å². The Bertz CT molecular complexity index is 313. The molecular formula is C4H3Cl2N3O2S. The maximum absolute atomic E-state index is 10.3. The van der Waals surface area contributed by atoms with E-state index in [-0.39, 0.29) is 5.01 Å². The van der Waals surface area contributed by atoms with Crippen molar-refractivity contribution in [2.24, 2.45) is 0 Å². The molecule has 0 bridgehead atoms. The molecule has 0 unspecified atom stereocenters. The minimum absolute atomic E-state index is 0.0201. The summed E-state index contributed by atoms with van der Waals surface area (Å²) in [4.78, 5) is 9.49. The van der Waals surface area contributed by atoms with Gasteiger partial charge < -0.3 is 0 Å². The summed E-state index contributed by atoms with van der Waals surface area (Å²) in [6, 6.07) is 0. The molecule has 1 aromatic rings. The zero-order chi connectivity index (χ0) is 9.35. The molecule has 8 heteroatoms. The van der Waals surface area contributed by atoms with Gasteiger partial charge in [-0.3, -0.25) is 10.1 Å². The highest BCUT2D eigenvalue weighted by Crippen LogP contribution is 2.35. The van der Waals surface area contributed by atoms with Gasteiger partial charge in [0.2, 0.25) is 5.01 Å². The molecule has 0 aliphatic rings. The van der Waals surface area contributed by atoms with Gasteiger partial charge in [0, 0.05) is 0 Å². The number of aryl methyl sites for hydroxylation is 1. The third kappa shape index (κ3) is 1.65. The van der Waals surface area contributed by atoms with Crippen LogP contribution in [0.3, 0.4) is 0 Å². The Morgan fingerprint density at radius 3 is 2.50 bits per heavy atom. The number of rotatable bonds is 2. The van der Waals surface area contributed by atoms with Crippen LogP contribution in [0.2, 0.25) is 0 Å². The van der Waals surface area contributed by atoms with E-state index < -0.39 is 9.38 Å². The monoisotopic (exact) mass is 227 g/mol. The van der Waals surface area contributed by atoms with E-state index in [2.05, 4.69) is 10.2 Å². The van der Waals surface area contributed by atoms with Gasteiger partial charge >= 0.3 is 4.46 Å². The Morgan fingerprint density at radius 1 is 1.58 bits per heavy atom. The summed E-state index contributed by atoms with van der Waals surface area (Å²) in [5, 5.41) is 17.9. The first-order valence-corrected chi connectivity index (χ1v) is 4.34. The molecule has 1 aromatic heterocycles. The maximum Gasteiger partial charge on any atom is 0.424 e. The standard InChI is InChI=1S/C4H3Cl2N3O2S/c1-2-7-8-3(12-2)4(5,6)9(10)11/h1H3. The van der Waals surface area contributed by atoms with Crippen LogP contribution in [0.15, 0.2) is 0 Å². The highest BCUT2D eigenvalue weighted by Gasteiger charge is 2.44. The first-order valence-electron chi connectivity index (χ1n) is 2.77. The molecule has 66 valence electrons. The average molecular weight is 228 g/mol. The van der Waals surface area contributed by atoms with Crippen LogP contribution in [0.4, 0.5) is 0 Å². The van der Waals surface area contributed by atoms with Gasteiger partial charge in [-0.05, 0) is 30.1 Å². The van der Waals surface area contributed by atoms with E-state index in [1.165, 1.54) is 0 Å². The lowest BCUT2D eigenvalue weighted by Crippen LogP contribution is -2.21. The normalized spacial score (nSPS) is 11.6. The topological polar surface area (TPSA) is 68.9 Å². The molecule has 0 aliphatic heterocycles. The lowest BCUT2D eigenvalue weighted by molar-refractivity contribution is -0.523. The number of hydrogen-bond acceptors (Lipinski definition) is 5. The number of alkyl halides is 2. The van der Waals surface area contributed by atoms with Crippen LogP contribution in [0.5, 0.6) is 0 Å². The molecule has 0 amide bonds. The highest BCUT2D eigenvalue weighted by atomic mass is 35.5. The molecule has 12 heavy (non-hydrogen) atoms. The summed E-state index contributed by atoms with van der Waals surface area (Å²) in [7, 11) is 0. The average Bonchev–Trinajstić information content (AvgIpc) is 2.35. The van der Waals surface area contributed by atoms with Crippen LogP contribution < -0.4 is 0 Å². The van der Waals surface area contributed by atoms with Crippen molar-refractivity contribution >= 4 is 34.5 Å². The van der Waals surface area contributed by atoms with Gasteiger partial charge in [0.15, 0.2) is 0 Å². The number of nitrogens with zero attached hydrogens (tertiary/aromatic N) is 3. The van der Waals surface area contributed by atoms with Crippen LogP contribution >= 0.6 is 34.5 Å². The zero-order valence-corrected chi connectivity index (χ0v) is 8.15. The van der Waals surface area contributed by atoms with Crippen molar-refractivity contribution < 1.29 is 4.92 Å². The van der Waals surface area contributed by atoms with Gasteiger partial charge in [0.25, 0.3) is 0 Å². The Hall–Kier alpha value is -0.460. The molecule has 0 saturated heterocycles. The first-order chi connectivity index (χ1) is 5.44. The van der Waals surface area contributed by atoms with Crippen LogP contribution in [0.25, 0.3) is 0 Å². The van der Waals surface area contributed by atoms with E-state index in [0.29, 0.717) is 5.01 Å². The van der Waals surface area contributed by atoms with E-state index in [9.17, 15) is 10.1 Å². The van der Waals surface area contributed by atoms with Crippen molar-refractivity contribution in [2.75, 3.05) is 0 Å². The predicted molar refractivity (Wildman–Crippen MR) is 45.0 cm³/mol. The molecule has 0 spiro atoms. The van der Waals surface area contributed by atoms with Crippen molar-refractivity contribution in [3.63, 3.8) is 0 Å². The minimum Gasteiger partial charge on any atom is -0.261 e. The van der Waals surface area contributed by atoms with Gasteiger partial charge in [-0.1, -0.05) is 11.3 Å². The largest absolute Gasteiger partial charge is 0.424 e. The molecule has 0 aromatic carbocycles. The van der Waals surface area contributed by atoms with Gasteiger partial charge in [-0.25, -0.2) is 0 Å². The molecule has 0 aliphatic carbocycles. The molecule has 1 heterocycles. The molecular weight excluding hydrogens is 225 g/mol. The Balaban J connectivity index is 3.05. The van der Waals surface area contributed by atoms with Crippen LogP contribution in [-0.2, 0) is 4.46 Å². The Kier molecular flexibility index (Phi) is 2.50. The minimum atomic E-state index is -2.17.